The van der Waals surface area contributed by atoms with Gasteiger partial charge in [0.1, 0.15) is 0 Å². The molecule has 178 valence electrons. The van der Waals surface area contributed by atoms with Gasteiger partial charge in [0.05, 0.1) is 18.0 Å². The molecule has 6 heteroatoms. The predicted molar refractivity (Wildman–Crippen MR) is 138 cm³/mol. The first-order valence-electron chi connectivity index (χ1n) is 11.9. The Morgan fingerprint density at radius 3 is 2.42 bits per heavy atom. The first-order chi connectivity index (χ1) is 15.8. The van der Waals surface area contributed by atoms with Crippen LogP contribution in [0.5, 0.6) is 0 Å². The fourth-order valence-electron chi connectivity index (χ4n) is 4.18. The van der Waals surface area contributed by atoms with Gasteiger partial charge < -0.3 is 15.1 Å². The lowest BCUT2D eigenvalue weighted by Crippen LogP contribution is -2.35. The first-order valence-corrected chi connectivity index (χ1v) is 12.9. The fourth-order valence-corrected chi connectivity index (χ4v) is 5.10. The predicted octanol–water partition coefficient (Wildman–Crippen LogP) is 5.06. The number of hydrogen-bond donors (Lipinski definition) is 1. The van der Waals surface area contributed by atoms with E-state index in [4.69, 9.17) is 0 Å². The minimum absolute atomic E-state index is 0.0734. The summed E-state index contributed by atoms with van der Waals surface area (Å²) in [4.78, 5) is 30.8. The summed E-state index contributed by atoms with van der Waals surface area (Å²) in [6, 6.07) is 15.7. The monoisotopic (exact) mass is 467 g/mol. The number of fused-ring (bicyclic) bond motifs is 1. The van der Waals surface area contributed by atoms with Gasteiger partial charge in [-0.15, -0.1) is 11.8 Å². The molecule has 0 saturated heterocycles. The maximum Gasteiger partial charge on any atom is 0.251 e. The van der Waals surface area contributed by atoms with Gasteiger partial charge in [-0.25, -0.2) is 0 Å². The van der Waals surface area contributed by atoms with Crippen molar-refractivity contribution in [1.29, 1.82) is 0 Å². The van der Waals surface area contributed by atoms with Crippen LogP contribution in [0, 0.1) is 11.8 Å². The Morgan fingerprint density at radius 2 is 1.76 bits per heavy atom. The third kappa shape index (κ3) is 7.61. The number of nitrogens with one attached hydrogen (secondary N) is 1. The summed E-state index contributed by atoms with van der Waals surface area (Å²) in [6.45, 7) is 13.3. The van der Waals surface area contributed by atoms with Crippen molar-refractivity contribution in [3.8, 4) is 0 Å². The Hall–Kier alpha value is -2.31. The second kappa shape index (κ2) is 12.2. The molecule has 0 unspecified atom stereocenters. The maximum atomic E-state index is 12.8. The van der Waals surface area contributed by atoms with Crippen LogP contribution in [-0.4, -0.2) is 48.6 Å². The van der Waals surface area contributed by atoms with Gasteiger partial charge in [-0.1, -0.05) is 58.0 Å². The molecule has 0 atom stereocenters. The first kappa shape index (κ1) is 25.3. The molecule has 0 aromatic heterocycles. The van der Waals surface area contributed by atoms with E-state index in [1.165, 1.54) is 11.8 Å². The number of thioether (sulfide) groups is 1. The molecule has 0 fully saturated rings. The molecule has 2 amide bonds. The molecule has 1 aliphatic rings. The summed E-state index contributed by atoms with van der Waals surface area (Å²) in [6.07, 6.45) is 0.921. The van der Waals surface area contributed by atoms with Crippen LogP contribution in [-0.2, 0) is 11.3 Å². The molecule has 0 aliphatic carbocycles. The highest BCUT2D eigenvalue weighted by Crippen LogP contribution is 2.36. The SMILES string of the molecule is CC(C)CN(CCCNC(=O)c1ccc2c(c1)N(Cc1ccccc1)C(=O)CS2)CC(C)C. The lowest BCUT2D eigenvalue weighted by Gasteiger charge is -2.29. The van der Waals surface area contributed by atoms with Gasteiger partial charge in [0.2, 0.25) is 5.91 Å². The number of amides is 2. The lowest BCUT2D eigenvalue weighted by molar-refractivity contribution is -0.116. The van der Waals surface area contributed by atoms with E-state index in [2.05, 4.69) is 37.9 Å². The average molecular weight is 468 g/mol. The van der Waals surface area contributed by atoms with Crippen molar-refractivity contribution < 1.29 is 9.59 Å². The van der Waals surface area contributed by atoms with Crippen molar-refractivity contribution in [3.05, 3.63) is 59.7 Å². The molecule has 1 heterocycles. The van der Waals surface area contributed by atoms with E-state index in [0.717, 1.165) is 42.2 Å². The van der Waals surface area contributed by atoms with E-state index in [9.17, 15) is 9.59 Å². The van der Waals surface area contributed by atoms with Gasteiger partial charge in [0.15, 0.2) is 0 Å². The van der Waals surface area contributed by atoms with Crippen molar-refractivity contribution in [2.24, 2.45) is 11.8 Å². The summed E-state index contributed by atoms with van der Waals surface area (Å²) in [5.74, 6) is 1.68. The number of rotatable bonds is 11. The number of hydrogen-bond acceptors (Lipinski definition) is 4. The number of carbonyl (C=O) groups excluding carboxylic acids is 2. The number of nitrogens with zero attached hydrogens (tertiary/aromatic N) is 2. The third-order valence-corrected chi connectivity index (χ3v) is 6.58. The minimum atomic E-state index is -0.0836. The van der Waals surface area contributed by atoms with E-state index < -0.39 is 0 Å². The zero-order valence-electron chi connectivity index (χ0n) is 20.3. The second-order valence-electron chi connectivity index (χ2n) is 9.59. The number of benzene rings is 2. The van der Waals surface area contributed by atoms with Crippen LogP contribution < -0.4 is 10.2 Å². The van der Waals surface area contributed by atoms with Crippen LogP contribution in [0.25, 0.3) is 0 Å². The Morgan fingerprint density at radius 1 is 1.06 bits per heavy atom. The minimum Gasteiger partial charge on any atom is -0.352 e. The number of anilines is 1. The van der Waals surface area contributed by atoms with Gasteiger partial charge in [0, 0.05) is 30.1 Å². The topological polar surface area (TPSA) is 52.7 Å². The average Bonchev–Trinajstić information content (AvgIpc) is 2.78. The zero-order valence-corrected chi connectivity index (χ0v) is 21.2. The molecule has 2 aromatic carbocycles. The van der Waals surface area contributed by atoms with Crippen LogP contribution in [0.2, 0.25) is 0 Å². The van der Waals surface area contributed by atoms with Crippen LogP contribution in [0.1, 0.15) is 50.0 Å². The van der Waals surface area contributed by atoms with Gasteiger partial charge in [-0.2, -0.15) is 0 Å². The molecule has 0 bridgehead atoms. The third-order valence-electron chi connectivity index (χ3n) is 5.53. The molecular weight excluding hydrogens is 430 g/mol. The summed E-state index contributed by atoms with van der Waals surface area (Å²) in [5, 5.41) is 3.07. The second-order valence-corrected chi connectivity index (χ2v) is 10.6. The summed E-state index contributed by atoms with van der Waals surface area (Å²) in [5.41, 5.74) is 2.50. The Labute approximate surface area is 202 Å². The largest absolute Gasteiger partial charge is 0.352 e. The fraction of sp³-hybridized carbons (Fsp3) is 0.481. The van der Waals surface area contributed by atoms with Crippen molar-refractivity contribution >= 4 is 29.3 Å². The van der Waals surface area contributed by atoms with Crippen LogP contribution in [0.4, 0.5) is 5.69 Å². The normalized spacial score (nSPS) is 13.7. The molecule has 0 spiro atoms. The molecule has 1 aliphatic heterocycles. The smallest absolute Gasteiger partial charge is 0.251 e. The summed E-state index contributed by atoms with van der Waals surface area (Å²) < 4.78 is 0. The highest BCUT2D eigenvalue weighted by atomic mass is 32.2. The van der Waals surface area contributed by atoms with Crippen molar-refractivity contribution in [2.45, 2.75) is 45.6 Å². The van der Waals surface area contributed by atoms with E-state index in [1.807, 2.05) is 48.5 Å². The van der Waals surface area contributed by atoms with Crippen LogP contribution in [0.3, 0.4) is 0 Å². The maximum absolute atomic E-state index is 12.8. The Balaban J connectivity index is 1.61. The summed E-state index contributed by atoms with van der Waals surface area (Å²) >= 11 is 1.54. The van der Waals surface area contributed by atoms with Crippen molar-refractivity contribution in [1.82, 2.24) is 10.2 Å². The van der Waals surface area contributed by atoms with Crippen molar-refractivity contribution in [3.63, 3.8) is 0 Å². The van der Waals surface area contributed by atoms with E-state index >= 15 is 0 Å². The molecule has 33 heavy (non-hydrogen) atoms. The highest BCUT2D eigenvalue weighted by Gasteiger charge is 2.26. The highest BCUT2D eigenvalue weighted by molar-refractivity contribution is 8.00. The summed E-state index contributed by atoms with van der Waals surface area (Å²) in [7, 11) is 0. The molecule has 2 aromatic rings. The van der Waals surface area contributed by atoms with Gasteiger partial charge in [-0.3, -0.25) is 9.59 Å². The van der Waals surface area contributed by atoms with E-state index in [-0.39, 0.29) is 11.8 Å². The molecule has 5 nitrogen and oxygen atoms in total. The van der Waals surface area contributed by atoms with Crippen LogP contribution >= 0.6 is 11.8 Å². The Bertz CT molecular complexity index is 920. The quantitative estimate of drug-likeness (QED) is 0.470. The van der Waals surface area contributed by atoms with Gasteiger partial charge >= 0.3 is 0 Å². The Kier molecular flexibility index (Phi) is 9.39. The van der Waals surface area contributed by atoms with Crippen molar-refractivity contribution in [2.75, 3.05) is 36.8 Å². The van der Waals surface area contributed by atoms with E-state index in [0.29, 0.717) is 36.2 Å². The zero-order chi connectivity index (χ0) is 23.8. The van der Waals surface area contributed by atoms with Crippen LogP contribution in [0.15, 0.2) is 53.4 Å². The molecule has 3 rings (SSSR count). The molecule has 0 radical (unpaired) electrons. The molecule has 1 N–H and O–H groups in total. The molecule has 0 saturated carbocycles. The van der Waals surface area contributed by atoms with E-state index in [1.54, 1.807) is 4.90 Å². The standard InChI is InChI=1S/C27H37N3O2S/c1-20(2)16-29(17-21(3)4)14-8-13-28-27(32)23-11-12-25-24(15-23)30(26(31)19-33-25)18-22-9-6-5-7-10-22/h5-7,9-12,15,20-21H,8,13-14,16-19H2,1-4H3,(H,28,32). The number of carbonyl (C=O) groups is 2. The van der Waals surface area contributed by atoms with Gasteiger partial charge in [0.25, 0.3) is 5.91 Å². The molecular formula is C27H37N3O2S. The van der Waals surface area contributed by atoms with Gasteiger partial charge in [-0.05, 0) is 48.6 Å². The lowest BCUT2D eigenvalue weighted by atomic mass is 10.1.